The zero-order valence-electron chi connectivity index (χ0n) is 16.8. The van der Waals surface area contributed by atoms with Crippen molar-refractivity contribution >= 4 is 16.9 Å². The van der Waals surface area contributed by atoms with Gasteiger partial charge in [-0.25, -0.2) is 0 Å². The number of amides is 1. The maximum absolute atomic E-state index is 12.5. The van der Waals surface area contributed by atoms with Crippen LogP contribution in [0.4, 0.5) is 0 Å². The first-order chi connectivity index (χ1) is 14.2. The second-order valence-electron chi connectivity index (χ2n) is 7.63. The molecule has 1 amide bonds. The number of fused-ring (bicyclic) bond motifs is 1. The highest BCUT2D eigenvalue weighted by Gasteiger charge is 2.22. The lowest BCUT2D eigenvalue weighted by molar-refractivity contribution is 0.0884. The highest BCUT2D eigenvalue weighted by molar-refractivity contribution is 5.96. The van der Waals surface area contributed by atoms with E-state index in [0.29, 0.717) is 11.3 Å². The van der Waals surface area contributed by atoms with Crippen LogP contribution < -0.4 is 10.1 Å². The predicted molar refractivity (Wildman–Crippen MR) is 112 cm³/mol. The van der Waals surface area contributed by atoms with Gasteiger partial charge in [0.1, 0.15) is 5.75 Å². The minimum atomic E-state index is -0.147. The Hall–Kier alpha value is -2.86. The van der Waals surface area contributed by atoms with Gasteiger partial charge in [-0.05, 0) is 50.5 Å². The summed E-state index contributed by atoms with van der Waals surface area (Å²) >= 11 is 0. The summed E-state index contributed by atoms with van der Waals surface area (Å²) in [6, 6.07) is 12.0. The molecule has 1 N–H and O–H groups in total. The molecule has 1 saturated heterocycles. The maximum Gasteiger partial charge on any atom is 0.287 e. The summed E-state index contributed by atoms with van der Waals surface area (Å²) in [5.74, 6) is 1.13. The van der Waals surface area contributed by atoms with Crippen molar-refractivity contribution in [3.05, 3.63) is 60.1 Å². The lowest BCUT2D eigenvalue weighted by Gasteiger charge is -2.32. The Morgan fingerprint density at radius 1 is 1.24 bits per heavy atom. The Morgan fingerprint density at radius 3 is 2.79 bits per heavy atom. The number of nitrogens with one attached hydrogen (secondary N) is 1. The summed E-state index contributed by atoms with van der Waals surface area (Å²) in [6.07, 6.45) is 6.23. The van der Waals surface area contributed by atoms with E-state index in [1.807, 2.05) is 18.2 Å². The molecule has 3 heterocycles. The normalized spacial score (nSPS) is 15.5. The number of benzene rings is 1. The van der Waals surface area contributed by atoms with Crippen LogP contribution in [0.25, 0.3) is 11.0 Å². The number of carbonyl (C=O) groups excluding carboxylic acids is 1. The molecular weight excluding hydrogens is 366 g/mol. The van der Waals surface area contributed by atoms with Gasteiger partial charge in [0.2, 0.25) is 0 Å². The van der Waals surface area contributed by atoms with Crippen molar-refractivity contribution in [1.82, 2.24) is 15.2 Å². The average molecular weight is 393 g/mol. The van der Waals surface area contributed by atoms with E-state index in [-0.39, 0.29) is 11.9 Å². The first-order valence-electron chi connectivity index (χ1n) is 10.2. The molecule has 0 bridgehead atoms. The number of likely N-dealkylation sites (tertiary alicyclic amines) is 1. The molecule has 0 saturated carbocycles. The number of carbonyl (C=O) groups is 1. The molecule has 29 heavy (non-hydrogen) atoms. The van der Waals surface area contributed by atoms with Gasteiger partial charge in [0.05, 0.1) is 12.8 Å². The van der Waals surface area contributed by atoms with E-state index >= 15 is 0 Å². The second-order valence-corrected chi connectivity index (χ2v) is 7.63. The monoisotopic (exact) mass is 393 g/mol. The van der Waals surface area contributed by atoms with E-state index < -0.39 is 0 Å². The van der Waals surface area contributed by atoms with Crippen molar-refractivity contribution < 1.29 is 13.9 Å². The number of nitrogens with zero attached hydrogens (tertiary/aromatic N) is 2. The molecule has 6 heteroatoms. The van der Waals surface area contributed by atoms with Gasteiger partial charge >= 0.3 is 0 Å². The lowest BCUT2D eigenvalue weighted by atomic mass is 10.0. The fourth-order valence-corrected chi connectivity index (χ4v) is 3.67. The molecule has 152 valence electrons. The zero-order valence-corrected chi connectivity index (χ0v) is 16.8. The third-order valence-corrected chi connectivity index (χ3v) is 5.38. The van der Waals surface area contributed by atoms with Gasteiger partial charge < -0.3 is 19.4 Å². The Kier molecular flexibility index (Phi) is 6.10. The summed E-state index contributed by atoms with van der Waals surface area (Å²) < 4.78 is 11.4. The van der Waals surface area contributed by atoms with Crippen molar-refractivity contribution in [3.8, 4) is 5.75 Å². The number of aromatic nitrogens is 1. The topological polar surface area (TPSA) is 67.6 Å². The van der Waals surface area contributed by atoms with Crippen LogP contribution in [0.5, 0.6) is 5.75 Å². The number of piperidine rings is 1. The fraction of sp³-hybridized carbons (Fsp3) is 0.391. The van der Waals surface area contributed by atoms with Gasteiger partial charge in [0.25, 0.3) is 5.91 Å². The van der Waals surface area contributed by atoms with Crippen LogP contribution in [0.3, 0.4) is 0 Å². The number of rotatable bonds is 7. The molecule has 0 radical (unpaired) electrons. The first-order valence-corrected chi connectivity index (χ1v) is 10.2. The van der Waals surface area contributed by atoms with E-state index in [2.05, 4.69) is 34.3 Å². The maximum atomic E-state index is 12.5. The number of hydrogen-bond donors (Lipinski definition) is 1. The van der Waals surface area contributed by atoms with E-state index in [4.69, 9.17) is 9.15 Å². The summed E-state index contributed by atoms with van der Waals surface area (Å²) in [7, 11) is 0. The van der Waals surface area contributed by atoms with E-state index in [0.717, 1.165) is 56.6 Å². The van der Waals surface area contributed by atoms with Crippen LogP contribution >= 0.6 is 0 Å². The Balaban J connectivity index is 1.16. The van der Waals surface area contributed by atoms with Gasteiger partial charge in [0, 0.05) is 37.3 Å². The highest BCUT2D eigenvalue weighted by Crippen LogP contribution is 2.19. The molecule has 1 aromatic carbocycles. The number of ether oxygens (including phenoxy) is 1. The Morgan fingerprint density at radius 2 is 2.03 bits per heavy atom. The van der Waals surface area contributed by atoms with Crippen LogP contribution in [0, 0.1) is 6.92 Å². The van der Waals surface area contributed by atoms with Crippen molar-refractivity contribution in [3.63, 3.8) is 0 Å². The van der Waals surface area contributed by atoms with Crippen LogP contribution in [-0.2, 0) is 0 Å². The van der Waals surface area contributed by atoms with E-state index in [1.165, 1.54) is 5.56 Å². The number of aryl methyl sites for hydroxylation is 1. The first kappa shape index (κ1) is 19.5. The fourth-order valence-electron chi connectivity index (χ4n) is 3.67. The van der Waals surface area contributed by atoms with Crippen molar-refractivity contribution in [1.29, 1.82) is 0 Å². The molecule has 0 spiro atoms. The molecule has 0 unspecified atom stereocenters. The molecule has 1 fully saturated rings. The minimum Gasteiger partial charge on any atom is -0.494 e. The smallest absolute Gasteiger partial charge is 0.287 e. The molecular formula is C23H27N3O3. The predicted octanol–water partition coefficient (Wildman–Crippen LogP) is 3.80. The third-order valence-electron chi connectivity index (χ3n) is 5.38. The van der Waals surface area contributed by atoms with Gasteiger partial charge in [0.15, 0.2) is 11.3 Å². The minimum absolute atomic E-state index is 0.147. The summed E-state index contributed by atoms with van der Waals surface area (Å²) in [5, 5.41) is 4.00. The van der Waals surface area contributed by atoms with Gasteiger partial charge in [-0.15, -0.1) is 0 Å². The number of hydrogen-bond acceptors (Lipinski definition) is 5. The largest absolute Gasteiger partial charge is 0.494 e. The summed E-state index contributed by atoms with van der Waals surface area (Å²) in [4.78, 5) is 18.9. The SMILES string of the molecule is Cc1ccc(OCCCN2CCC(NC(=O)c3cc4ccncc4o3)CC2)cc1. The highest BCUT2D eigenvalue weighted by atomic mass is 16.5. The molecule has 0 aliphatic carbocycles. The average Bonchev–Trinajstić information content (AvgIpc) is 3.18. The molecule has 0 atom stereocenters. The zero-order chi connectivity index (χ0) is 20.1. The molecule has 4 rings (SSSR count). The summed E-state index contributed by atoms with van der Waals surface area (Å²) in [6.45, 7) is 5.78. The van der Waals surface area contributed by atoms with Crippen molar-refractivity contribution in [2.45, 2.75) is 32.2 Å². The summed E-state index contributed by atoms with van der Waals surface area (Å²) in [5.41, 5.74) is 1.88. The molecule has 2 aromatic heterocycles. The number of furan rings is 1. The third kappa shape index (κ3) is 5.15. The second kappa shape index (κ2) is 9.09. The van der Waals surface area contributed by atoms with Gasteiger partial charge in [-0.2, -0.15) is 0 Å². The van der Waals surface area contributed by atoms with E-state index in [1.54, 1.807) is 18.5 Å². The molecule has 6 nitrogen and oxygen atoms in total. The Bertz CT molecular complexity index is 910. The molecule has 1 aliphatic heterocycles. The van der Waals surface area contributed by atoms with E-state index in [9.17, 15) is 4.79 Å². The lowest BCUT2D eigenvalue weighted by Crippen LogP contribution is -2.44. The van der Waals surface area contributed by atoms with Crippen LogP contribution in [0.1, 0.15) is 35.4 Å². The van der Waals surface area contributed by atoms with Gasteiger partial charge in [-0.3, -0.25) is 9.78 Å². The quantitative estimate of drug-likeness (QED) is 0.619. The van der Waals surface area contributed by atoms with Crippen LogP contribution in [0.15, 0.2) is 53.2 Å². The van der Waals surface area contributed by atoms with Crippen molar-refractivity contribution in [2.24, 2.45) is 0 Å². The van der Waals surface area contributed by atoms with Crippen LogP contribution in [0.2, 0.25) is 0 Å². The Labute approximate surface area is 170 Å². The van der Waals surface area contributed by atoms with Gasteiger partial charge in [-0.1, -0.05) is 17.7 Å². The van der Waals surface area contributed by atoms with Crippen LogP contribution in [-0.4, -0.2) is 48.1 Å². The molecule has 3 aromatic rings. The van der Waals surface area contributed by atoms with Crippen molar-refractivity contribution in [2.75, 3.05) is 26.2 Å². The molecule has 1 aliphatic rings. The number of pyridine rings is 1. The standard InChI is InChI=1S/C23H27N3O3/c1-17-3-5-20(6-4-17)28-14-2-11-26-12-8-19(9-13-26)25-23(27)21-15-18-7-10-24-16-22(18)29-21/h3-7,10,15-16,19H,2,8-9,11-14H2,1H3,(H,25,27).